The number of benzene rings is 2. The van der Waals surface area contributed by atoms with E-state index in [0.29, 0.717) is 11.1 Å². The van der Waals surface area contributed by atoms with Gasteiger partial charge in [-0.25, -0.2) is 5.43 Å². The van der Waals surface area contributed by atoms with Crippen LogP contribution < -0.4 is 5.43 Å². The zero-order chi connectivity index (χ0) is 16.1. The van der Waals surface area contributed by atoms with E-state index in [4.69, 9.17) is 11.6 Å². The smallest absolute Gasteiger partial charge is 0.267 e. The minimum atomic E-state index is -0.579. The summed E-state index contributed by atoms with van der Waals surface area (Å²) in [6.07, 6.45) is 1.32. The Balaban J connectivity index is 2.10. The Kier molecular flexibility index (Phi) is 5.45. The monoisotopic (exact) mass is 429 g/mol. The maximum absolute atomic E-state index is 11.9. The predicted molar refractivity (Wildman–Crippen MR) is 92.3 cm³/mol. The first kappa shape index (κ1) is 16.4. The van der Waals surface area contributed by atoms with Gasteiger partial charge >= 0.3 is 0 Å². The van der Waals surface area contributed by atoms with Crippen LogP contribution in [-0.4, -0.2) is 17.0 Å². The number of hydrogen-bond acceptors (Lipinski definition) is 4. The second-order valence-electron chi connectivity index (χ2n) is 4.15. The van der Waals surface area contributed by atoms with Crippen molar-refractivity contribution in [2.45, 2.75) is 0 Å². The first-order chi connectivity index (χ1) is 10.5. The SMILES string of the molecule is O=C(N/N=C/c1ccc(Cl)c([N+](=O)[O-])c1)c1ccccc1I. The zero-order valence-corrected chi connectivity index (χ0v) is 13.9. The fourth-order valence-corrected chi connectivity index (χ4v) is 2.44. The normalized spacial score (nSPS) is 10.6. The number of hydrogen-bond donors (Lipinski definition) is 1. The molecule has 0 aromatic heterocycles. The molecule has 0 saturated heterocycles. The van der Waals surface area contributed by atoms with Gasteiger partial charge in [0.05, 0.1) is 16.7 Å². The number of halogens is 2. The van der Waals surface area contributed by atoms with Gasteiger partial charge in [-0.2, -0.15) is 5.10 Å². The molecule has 0 saturated carbocycles. The topological polar surface area (TPSA) is 84.6 Å². The third kappa shape index (κ3) is 4.01. The van der Waals surface area contributed by atoms with E-state index in [-0.39, 0.29) is 16.6 Å². The highest BCUT2D eigenvalue weighted by Crippen LogP contribution is 2.24. The molecule has 0 spiro atoms. The summed E-state index contributed by atoms with van der Waals surface area (Å²) in [7, 11) is 0. The van der Waals surface area contributed by atoms with Crippen LogP contribution in [0.3, 0.4) is 0 Å². The second-order valence-corrected chi connectivity index (χ2v) is 5.72. The number of nitro groups is 1. The number of carbonyl (C=O) groups excluding carboxylic acids is 1. The lowest BCUT2D eigenvalue weighted by atomic mass is 10.2. The molecule has 1 N–H and O–H groups in total. The van der Waals surface area contributed by atoms with Gasteiger partial charge in [-0.05, 0) is 40.8 Å². The molecule has 22 heavy (non-hydrogen) atoms. The van der Waals surface area contributed by atoms with Gasteiger partial charge in [-0.1, -0.05) is 29.8 Å². The molecular weight excluding hydrogens is 421 g/mol. The summed E-state index contributed by atoms with van der Waals surface area (Å²) in [6, 6.07) is 11.3. The van der Waals surface area contributed by atoms with Crippen molar-refractivity contribution in [1.29, 1.82) is 0 Å². The molecule has 1 amide bonds. The predicted octanol–water partition coefficient (Wildman–Crippen LogP) is 3.62. The molecule has 0 aliphatic carbocycles. The van der Waals surface area contributed by atoms with Crippen LogP contribution in [-0.2, 0) is 0 Å². The number of nitrogens with one attached hydrogen (secondary N) is 1. The minimum absolute atomic E-state index is 0.0463. The van der Waals surface area contributed by atoms with Crippen molar-refractivity contribution in [3.63, 3.8) is 0 Å². The second kappa shape index (κ2) is 7.32. The Morgan fingerprint density at radius 2 is 2.05 bits per heavy atom. The Morgan fingerprint density at radius 3 is 2.73 bits per heavy atom. The van der Waals surface area contributed by atoms with E-state index in [0.717, 1.165) is 3.57 Å². The summed E-state index contributed by atoms with van der Waals surface area (Å²) in [5.41, 5.74) is 3.12. The van der Waals surface area contributed by atoms with Gasteiger partial charge in [0.25, 0.3) is 11.6 Å². The van der Waals surface area contributed by atoms with Crippen LogP contribution in [0.15, 0.2) is 47.6 Å². The summed E-state index contributed by atoms with van der Waals surface area (Å²) in [6.45, 7) is 0. The van der Waals surface area contributed by atoms with E-state index in [1.807, 2.05) is 12.1 Å². The van der Waals surface area contributed by atoms with Crippen LogP contribution in [0.2, 0.25) is 5.02 Å². The molecule has 0 unspecified atom stereocenters. The van der Waals surface area contributed by atoms with Crippen molar-refractivity contribution >= 4 is 52.0 Å². The molecule has 2 aromatic rings. The Hall–Kier alpha value is -2.00. The summed E-state index contributed by atoms with van der Waals surface area (Å²) in [4.78, 5) is 22.1. The summed E-state index contributed by atoms with van der Waals surface area (Å²) in [5, 5.41) is 14.6. The maximum atomic E-state index is 11.9. The average molecular weight is 430 g/mol. The number of carbonyl (C=O) groups is 1. The van der Waals surface area contributed by atoms with Crippen LogP contribution in [0.25, 0.3) is 0 Å². The number of amides is 1. The molecule has 0 radical (unpaired) electrons. The highest BCUT2D eigenvalue weighted by molar-refractivity contribution is 14.1. The van der Waals surface area contributed by atoms with E-state index in [1.165, 1.54) is 18.3 Å². The van der Waals surface area contributed by atoms with Gasteiger partial charge in [0.15, 0.2) is 0 Å². The lowest BCUT2D eigenvalue weighted by Gasteiger charge is -2.02. The van der Waals surface area contributed by atoms with E-state index in [1.54, 1.807) is 18.2 Å². The summed E-state index contributed by atoms with van der Waals surface area (Å²) >= 11 is 7.77. The van der Waals surface area contributed by atoms with E-state index < -0.39 is 4.92 Å². The van der Waals surface area contributed by atoms with Crippen molar-refractivity contribution in [1.82, 2.24) is 5.43 Å². The maximum Gasteiger partial charge on any atom is 0.288 e. The minimum Gasteiger partial charge on any atom is -0.267 e. The first-order valence-corrected chi connectivity index (χ1v) is 7.46. The fraction of sp³-hybridized carbons (Fsp3) is 0. The largest absolute Gasteiger partial charge is 0.288 e. The van der Waals surface area contributed by atoms with E-state index in [9.17, 15) is 14.9 Å². The van der Waals surface area contributed by atoms with Crippen molar-refractivity contribution in [2.75, 3.05) is 0 Å². The number of nitrogens with zero attached hydrogens (tertiary/aromatic N) is 2. The molecule has 112 valence electrons. The molecule has 0 aliphatic rings. The molecule has 0 heterocycles. The van der Waals surface area contributed by atoms with Crippen molar-refractivity contribution < 1.29 is 9.72 Å². The molecular formula is C14H9ClIN3O3. The van der Waals surface area contributed by atoms with Crippen molar-refractivity contribution in [2.24, 2.45) is 5.10 Å². The van der Waals surface area contributed by atoms with Crippen LogP contribution in [0.5, 0.6) is 0 Å². The van der Waals surface area contributed by atoms with Crippen LogP contribution in [0.1, 0.15) is 15.9 Å². The molecule has 8 heteroatoms. The Bertz CT molecular complexity index is 765. The molecule has 2 aromatic carbocycles. The van der Waals surface area contributed by atoms with E-state index >= 15 is 0 Å². The zero-order valence-electron chi connectivity index (χ0n) is 11.0. The first-order valence-electron chi connectivity index (χ1n) is 6.01. The third-order valence-electron chi connectivity index (χ3n) is 2.67. The third-order valence-corrected chi connectivity index (χ3v) is 3.93. The van der Waals surface area contributed by atoms with Gasteiger partial charge in [0.2, 0.25) is 0 Å². The molecule has 6 nitrogen and oxygen atoms in total. The lowest BCUT2D eigenvalue weighted by Crippen LogP contribution is -2.18. The summed E-state index contributed by atoms with van der Waals surface area (Å²) < 4.78 is 0.801. The molecule has 0 aliphatic heterocycles. The van der Waals surface area contributed by atoms with Crippen LogP contribution >= 0.6 is 34.2 Å². The number of nitro benzene ring substituents is 1. The summed E-state index contributed by atoms with van der Waals surface area (Å²) in [5.74, 6) is -0.357. The number of rotatable bonds is 4. The van der Waals surface area contributed by atoms with E-state index in [2.05, 4.69) is 33.1 Å². The van der Waals surface area contributed by atoms with Crippen LogP contribution in [0.4, 0.5) is 5.69 Å². The Labute approximate surface area is 144 Å². The molecule has 0 fully saturated rings. The quantitative estimate of drug-likeness (QED) is 0.349. The lowest BCUT2D eigenvalue weighted by molar-refractivity contribution is -0.384. The average Bonchev–Trinajstić information content (AvgIpc) is 2.49. The highest BCUT2D eigenvalue weighted by atomic mass is 127. The molecule has 2 rings (SSSR count). The Morgan fingerprint density at radius 1 is 1.32 bits per heavy atom. The molecule has 0 atom stereocenters. The highest BCUT2D eigenvalue weighted by Gasteiger charge is 2.12. The van der Waals surface area contributed by atoms with Crippen LogP contribution in [0, 0.1) is 13.7 Å². The molecule has 0 bridgehead atoms. The number of hydrazone groups is 1. The van der Waals surface area contributed by atoms with Gasteiger partial charge in [-0.3, -0.25) is 14.9 Å². The van der Waals surface area contributed by atoms with Gasteiger partial charge in [0, 0.05) is 15.2 Å². The van der Waals surface area contributed by atoms with Gasteiger partial charge < -0.3 is 0 Å². The van der Waals surface area contributed by atoms with Gasteiger partial charge in [-0.15, -0.1) is 0 Å². The van der Waals surface area contributed by atoms with Crippen molar-refractivity contribution in [3.05, 3.63) is 72.3 Å². The fourth-order valence-electron chi connectivity index (χ4n) is 1.62. The standard InChI is InChI=1S/C14H9ClIN3O3/c15-11-6-5-9(7-13(11)19(21)22)8-17-18-14(20)10-3-1-2-4-12(10)16/h1-8H,(H,18,20)/b17-8+. The van der Waals surface area contributed by atoms with Gasteiger partial charge in [0.1, 0.15) is 5.02 Å². The van der Waals surface area contributed by atoms with Crippen molar-refractivity contribution in [3.8, 4) is 0 Å².